The SMILES string of the molecule is CC(C)c1ccc2c(c1)CC[C@H]1[C@@](C)(CNC(=O)/C=C/C(=O)O)CCC[C@@]21C. The fourth-order valence-corrected chi connectivity index (χ4v) is 5.71. The number of fused-ring (bicyclic) bond motifs is 3. The maximum absolute atomic E-state index is 12.0. The Balaban J connectivity index is 1.82. The molecular weight excluding hydrogens is 350 g/mol. The smallest absolute Gasteiger partial charge is 0.328 e. The first-order valence-corrected chi connectivity index (χ1v) is 10.5. The molecular formula is C24H33NO3. The van der Waals surface area contributed by atoms with Crippen LogP contribution in [0.3, 0.4) is 0 Å². The number of hydrogen-bond donors (Lipinski definition) is 2. The summed E-state index contributed by atoms with van der Waals surface area (Å²) in [6.45, 7) is 9.79. The van der Waals surface area contributed by atoms with E-state index in [4.69, 9.17) is 5.11 Å². The molecule has 0 bridgehead atoms. The second-order valence-corrected chi connectivity index (χ2v) is 9.48. The van der Waals surface area contributed by atoms with E-state index in [1.165, 1.54) is 23.1 Å². The summed E-state index contributed by atoms with van der Waals surface area (Å²) in [5.74, 6) is -0.374. The first kappa shape index (κ1) is 20.6. The lowest BCUT2D eigenvalue weighted by Gasteiger charge is -2.55. The predicted octanol–water partition coefficient (Wildman–Crippen LogP) is 4.58. The van der Waals surface area contributed by atoms with Crippen LogP contribution in [0.25, 0.3) is 0 Å². The van der Waals surface area contributed by atoms with Crippen LogP contribution in [0.4, 0.5) is 0 Å². The van der Waals surface area contributed by atoms with Crippen LogP contribution in [0, 0.1) is 11.3 Å². The van der Waals surface area contributed by atoms with Crippen molar-refractivity contribution >= 4 is 11.9 Å². The van der Waals surface area contributed by atoms with Crippen molar-refractivity contribution in [2.24, 2.45) is 11.3 Å². The maximum Gasteiger partial charge on any atom is 0.328 e. The van der Waals surface area contributed by atoms with E-state index >= 15 is 0 Å². The van der Waals surface area contributed by atoms with Gasteiger partial charge in [-0.2, -0.15) is 0 Å². The highest BCUT2D eigenvalue weighted by atomic mass is 16.4. The quantitative estimate of drug-likeness (QED) is 0.732. The molecule has 1 fully saturated rings. The van der Waals surface area contributed by atoms with E-state index < -0.39 is 5.97 Å². The van der Waals surface area contributed by atoms with E-state index in [0.717, 1.165) is 37.8 Å². The molecule has 28 heavy (non-hydrogen) atoms. The van der Waals surface area contributed by atoms with Gasteiger partial charge in [-0.05, 0) is 65.0 Å². The summed E-state index contributed by atoms with van der Waals surface area (Å²) in [6.07, 6.45) is 7.67. The normalized spacial score (nSPS) is 29.4. The van der Waals surface area contributed by atoms with Crippen LogP contribution < -0.4 is 5.32 Å². The molecule has 4 nitrogen and oxygen atoms in total. The van der Waals surface area contributed by atoms with Gasteiger partial charge in [0.05, 0.1) is 0 Å². The minimum atomic E-state index is -1.10. The van der Waals surface area contributed by atoms with Crippen molar-refractivity contribution in [2.75, 3.05) is 6.54 Å². The zero-order chi connectivity index (χ0) is 20.5. The minimum Gasteiger partial charge on any atom is -0.478 e. The Hall–Kier alpha value is -2.10. The van der Waals surface area contributed by atoms with Crippen molar-refractivity contribution in [3.63, 3.8) is 0 Å². The van der Waals surface area contributed by atoms with Crippen molar-refractivity contribution < 1.29 is 14.7 Å². The van der Waals surface area contributed by atoms with E-state index in [-0.39, 0.29) is 16.7 Å². The zero-order valence-corrected chi connectivity index (χ0v) is 17.5. The Morgan fingerprint density at radius 2 is 2.00 bits per heavy atom. The molecule has 3 rings (SSSR count). The van der Waals surface area contributed by atoms with Crippen LogP contribution in [0.2, 0.25) is 0 Å². The Labute approximate surface area is 168 Å². The van der Waals surface area contributed by atoms with Gasteiger partial charge in [-0.1, -0.05) is 52.3 Å². The summed E-state index contributed by atoms with van der Waals surface area (Å²) >= 11 is 0. The zero-order valence-electron chi connectivity index (χ0n) is 17.5. The van der Waals surface area contributed by atoms with Gasteiger partial charge >= 0.3 is 5.97 Å². The number of aliphatic carboxylic acids is 1. The average Bonchev–Trinajstić information content (AvgIpc) is 2.64. The number of benzene rings is 1. The average molecular weight is 384 g/mol. The number of carbonyl (C=O) groups excluding carboxylic acids is 1. The second kappa shape index (κ2) is 7.73. The summed E-state index contributed by atoms with van der Waals surface area (Å²) in [4.78, 5) is 22.6. The lowest BCUT2D eigenvalue weighted by Crippen LogP contribution is -2.53. The number of carboxylic acid groups (broad SMARTS) is 1. The van der Waals surface area contributed by atoms with Gasteiger partial charge in [-0.25, -0.2) is 4.79 Å². The topological polar surface area (TPSA) is 66.4 Å². The van der Waals surface area contributed by atoms with Crippen molar-refractivity contribution in [1.29, 1.82) is 0 Å². The molecule has 2 aliphatic rings. The van der Waals surface area contributed by atoms with Crippen LogP contribution in [0.1, 0.15) is 76.0 Å². The van der Waals surface area contributed by atoms with Gasteiger partial charge in [0.15, 0.2) is 0 Å². The van der Waals surface area contributed by atoms with E-state index in [1.54, 1.807) is 0 Å². The molecule has 4 heteroatoms. The maximum atomic E-state index is 12.0. The predicted molar refractivity (Wildman–Crippen MR) is 111 cm³/mol. The fourth-order valence-electron chi connectivity index (χ4n) is 5.71. The number of aryl methyl sites for hydroxylation is 1. The minimum absolute atomic E-state index is 0.0220. The second-order valence-electron chi connectivity index (χ2n) is 9.48. The highest BCUT2D eigenvalue weighted by Gasteiger charge is 2.51. The lowest BCUT2D eigenvalue weighted by atomic mass is 9.49. The van der Waals surface area contributed by atoms with Crippen molar-refractivity contribution in [1.82, 2.24) is 5.32 Å². The third kappa shape index (κ3) is 3.87. The molecule has 3 atom stereocenters. The highest BCUT2D eigenvalue weighted by Crippen LogP contribution is 2.57. The molecule has 0 unspecified atom stereocenters. The number of amides is 1. The van der Waals surface area contributed by atoms with Gasteiger partial charge < -0.3 is 10.4 Å². The first-order valence-electron chi connectivity index (χ1n) is 10.5. The lowest BCUT2D eigenvalue weighted by molar-refractivity contribution is -0.131. The third-order valence-electron chi connectivity index (χ3n) is 7.21. The molecule has 0 saturated heterocycles. The highest BCUT2D eigenvalue weighted by molar-refractivity contribution is 5.93. The molecule has 2 N–H and O–H groups in total. The van der Waals surface area contributed by atoms with Crippen LogP contribution in [-0.4, -0.2) is 23.5 Å². The van der Waals surface area contributed by atoms with Gasteiger partial charge in [0.1, 0.15) is 0 Å². The van der Waals surface area contributed by atoms with E-state index in [0.29, 0.717) is 18.4 Å². The van der Waals surface area contributed by atoms with Crippen LogP contribution in [0.15, 0.2) is 30.4 Å². The molecule has 0 spiro atoms. The van der Waals surface area contributed by atoms with E-state index in [1.807, 2.05) is 0 Å². The molecule has 0 aliphatic heterocycles. The van der Waals surface area contributed by atoms with Gasteiger partial charge in [-0.3, -0.25) is 4.79 Å². The van der Waals surface area contributed by atoms with E-state index in [2.05, 4.69) is 51.2 Å². The van der Waals surface area contributed by atoms with Gasteiger partial charge in [0.25, 0.3) is 0 Å². The van der Waals surface area contributed by atoms with Crippen molar-refractivity contribution in [2.45, 2.75) is 71.1 Å². The molecule has 0 radical (unpaired) electrons. The first-order chi connectivity index (χ1) is 13.2. The Morgan fingerprint density at radius 3 is 2.68 bits per heavy atom. The molecule has 0 aromatic heterocycles. The number of carboxylic acids is 1. The molecule has 2 aliphatic carbocycles. The monoisotopic (exact) mass is 383 g/mol. The number of hydrogen-bond acceptors (Lipinski definition) is 2. The molecule has 0 heterocycles. The van der Waals surface area contributed by atoms with Crippen molar-refractivity contribution in [3.05, 3.63) is 47.0 Å². The summed E-state index contributed by atoms with van der Waals surface area (Å²) in [5.41, 5.74) is 4.57. The van der Waals surface area contributed by atoms with Gasteiger partial charge in [-0.15, -0.1) is 0 Å². The standard InChI is InChI=1S/C24H33NO3/c1-16(2)17-6-8-19-18(14-17)7-9-20-23(3,12-5-13-24(19,20)4)15-25-21(26)10-11-22(27)28/h6,8,10-11,14,16,20H,5,7,9,12-13,15H2,1-4H3,(H,25,26)(H,27,28)/b11-10+/t20-,23+,24-/m0/s1. The molecule has 152 valence electrons. The Bertz CT molecular complexity index is 797. The van der Waals surface area contributed by atoms with Crippen LogP contribution in [0.5, 0.6) is 0 Å². The van der Waals surface area contributed by atoms with Crippen LogP contribution >= 0.6 is 0 Å². The number of nitrogens with one attached hydrogen (secondary N) is 1. The molecule has 1 aromatic carbocycles. The van der Waals surface area contributed by atoms with Crippen LogP contribution in [-0.2, 0) is 21.4 Å². The molecule has 1 saturated carbocycles. The number of carbonyl (C=O) groups is 2. The summed E-state index contributed by atoms with van der Waals surface area (Å²) in [7, 11) is 0. The van der Waals surface area contributed by atoms with Gasteiger partial charge in [0.2, 0.25) is 5.91 Å². The molecule has 1 aromatic rings. The summed E-state index contributed by atoms with van der Waals surface area (Å²) in [5, 5.41) is 11.7. The Morgan fingerprint density at radius 1 is 1.25 bits per heavy atom. The largest absolute Gasteiger partial charge is 0.478 e. The van der Waals surface area contributed by atoms with E-state index in [9.17, 15) is 9.59 Å². The van der Waals surface area contributed by atoms with Crippen molar-refractivity contribution in [3.8, 4) is 0 Å². The van der Waals surface area contributed by atoms with Gasteiger partial charge in [0, 0.05) is 18.7 Å². The number of rotatable bonds is 5. The Kier molecular flexibility index (Phi) is 5.69. The third-order valence-corrected chi connectivity index (χ3v) is 7.21. The summed E-state index contributed by atoms with van der Waals surface area (Å²) < 4.78 is 0. The molecule has 1 amide bonds. The summed E-state index contributed by atoms with van der Waals surface area (Å²) in [6, 6.07) is 7.06. The fraction of sp³-hybridized carbons (Fsp3) is 0.583.